The molecule has 2 aromatic rings. The first kappa shape index (κ1) is 11.3. The summed E-state index contributed by atoms with van der Waals surface area (Å²) in [6, 6.07) is 7.74. The molecule has 1 aromatic carbocycles. The first-order chi connectivity index (χ1) is 7.66. The Morgan fingerprint density at radius 2 is 2.19 bits per heavy atom. The number of hydrogen-bond donors (Lipinski definition) is 1. The largest absolute Gasteiger partial charge is 0.398 e. The van der Waals surface area contributed by atoms with Gasteiger partial charge in [0.1, 0.15) is 5.82 Å². The molecular weight excluding hydrogens is 245 g/mol. The van der Waals surface area contributed by atoms with Crippen LogP contribution in [-0.2, 0) is 16.6 Å². The van der Waals surface area contributed by atoms with E-state index in [-0.39, 0.29) is 0 Å². The second kappa shape index (κ2) is 4.76. The van der Waals surface area contributed by atoms with E-state index in [1.165, 1.54) is 29.5 Å². The summed E-state index contributed by atoms with van der Waals surface area (Å²) in [5, 5.41) is 1.92. The number of halogens is 1. The lowest BCUT2D eigenvalue weighted by molar-refractivity contribution is 0.623. The van der Waals surface area contributed by atoms with Crippen LogP contribution >= 0.6 is 11.3 Å². The molecule has 0 spiro atoms. The molecule has 16 heavy (non-hydrogen) atoms. The van der Waals surface area contributed by atoms with E-state index >= 15 is 0 Å². The van der Waals surface area contributed by atoms with Crippen molar-refractivity contribution in [2.24, 2.45) is 0 Å². The van der Waals surface area contributed by atoms with Crippen LogP contribution in [0.1, 0.15) is 4.88 Å². The van der Waals surface area contributed by atoms with Gasteiger partial charge in [0.2, 0.25) is 0 Å². The number of thiophene rings is 1. The Morgan fingerprint density at radius 1 is 1.38 bits per heavy atom. The van der Waals surface area contributed by atoms with Gasteiger partial charge in [0.25, 0.3) is 0 Å². The third-order valence-electron chi connectivity index (χ3n) is 2.07. The van der Waals surface area contributed by atoms with Crippen LogP contribution in [0.3, 0.4) is 0 Å². The Hall–Kier alpha value is -1.20. The first-order valence-corrected chi connectivity index (χ1v) is 6.82. The topological polar surface area (TPSA) is 43.1 Å². The third kappa shape index (κ3) is 2.48. The van der Waals surface area contributed by atoms with Gasteiger partial charge in [0.05, 0.1) is 21.4 Å². The summed E-state index contributed by atoms with van der Waals surface area (Å²) in [7, 11) is -1.29. The molecule has 0 aliphatic heterocycles. The van der Waals surface area contributed by atoms with Crippen LogP contribution in [0.4, 0.5) is 10.1 Å². The molecule has 0 amide bonds. The molecule has 0 fully saturated rings. The quantitative estimate of drug-likeness (QED) is 0.857. The van der Waals surface area contributed by atoms with E-state index in [1.54, 1.807) is 0 Å². The minimum Gasteiger partial charge on any atom is -0.398 e. The van der Waals surface area contributed by atoms with Crippen LogP contribution in [0, 0.1) is 5.82 Å². The van der Waals surface area contributed by atoms with Crippen molar-refractivity contribution < 1.29 is 8.60 Å². The molecule has 0 aliphatic rings. The molecule has 0 saturated heterocycles. The van der Waals surface area contributed by atoms with Crippen molar-refractivity contribution in [1.82, 2.24) is 0 Å². The van der Waals surface area contributed by atoms with Crippen molar-refractivity contribution >= 4 is 27.8 Å². The van der Waals surface area contributed by atoms with Gasteiger partial charge in [-0.25, -0.2) is 4.39 Å². The van der Waals surface area contributed by atoms with Crippen LogP contribution in [-0.4, -0.2) is 4.21 Å². The van der Waals surface area contributed by atoms with Crippen molar-refractivity contribution in [2.75, 3.05) is 5.73 Å². The lowest BCUT2D eigenvalue weighted by atomic mass is 10.3. The molecule has 1 heterocycles. The van der Waals surface area contributed by atoms with Gasteiger partial charge in [-0.15, -0.1) is 11.3 Å². The standard InChI is InChI=1S/C11H10FNOS2/c12-8-3-4-10(13)11(6-8)16(14)7-9-2-1-5-15-9/h1-6H,7,13H2. The smallest absolute Gasteiger partial charge is 0.124 e. The van der Waals surface area contributed by atoms with E-state index in [9.17, 15) is 8.60 Å². The van der Waals surface area contributed by atoms with Crippen LogP contribution in [0.15, 0.2) is 40.6 Å². The van der Waals surface area contributed by atoms with Crippen molar-refractivity contribution in [3.8, 4) is 0 Å². The van der Waals surface area contributed by atoms with Crippen molar-refractivity contribution in [3.05, 3.63) is 46.4 Å². The number of anilines is 1. The zero-order valence-corrected chi connectivity index (χ0v) is 9.98. The summed E-state index contributed by atoms with van der Waals surface area (Å²) in [6.45, 7) is 0. The van der Waals surface area contributed by atoms with Crippen LogP contribution < -0.4 is 5.73 Å². The number of benzene rings is 1. The summed E-state index contributed by atoms with van der Waals surface area (Å²) in [5.74, 6) is -0.0329. The second-order valence-corrected chi connectivity index (χ2v) is 5.70. The second-order valence-electron chi connectivity index (χ2n) is 3.25. The molecule has 1 aromatic heterocycles. The van der Waals surface area contributed by atoms with E-state index in [0.717, 1.165) is 4.88 Å². The average molecular weight is 255 g/mol. The molecule has 1 atom stereocenters. The fourth-order valence-electron chi connectivity index (χ4n) is 1.31. The summed E-state index contributed by atoms with van der Waals surface area (Å²) in [6.07, 6.45) is 0. The number of hydrogen-bond acceptors (Lipinski definition) is 3. The molecule has 84 valence electrons. The normalized spacial score (nSPS) is 12.6. The van der Waals surface area contributed by atoms with Crippen molar-refractivity contribution in [3.63, 3.8) is 0 Å². The number of nitrogens with two attached hydrogens (primary N) is 1. The fourth-order valence-corrected chi connectivity index (χ4v) is 3.47. The molecule has 0 saturated carbocycles. The predicted octanol–water partition coefficient (Wildman–Crippen LogP) is 2.78. The first-order valence-electron chi connectivity index (χ1n) is 4.62. The highest BCUT2D eigenvalue weighted by Crippen LogP contribution is 2.21. The maximum Gasteiger partial charge on any atom is 0.124 e. The number of rotatable bonds is 3. The Labute approximate surface area is 99.4 Å². The fraction of sp³-hybridized carbons (Fsp3) is 0.0909. The minimum atomic E-state index is -1.29. The van der Waals surface area contributed by atoms with Crippen molar-refractivity contribution in [1.29, 1.82) is 0 Å². The summed E-state index contributed by atoms with van der Waals surface area (Å²) in [4.78, 5) is 1.37. The Balaban J connectivity index is 2.24. The maximum absolute atomic E-state index is 13.0. The average Bonchev–Trinajstić information content (AvgIpc) is 2.74. The van der Waals surface area contributed by atoms with Gasteiger partial charge in [-0.1, -0.05) is 6.07 Å². The summed E-state index contributed by atoms with van der Waals surface area (Å²) in [5.41, 5.74) is 6.03. The van der Waals surface area contributed by atoms with E-state index in [1.807, 2.05) is 17.5 Å². The molecule has 0 bridgehead atoms. The van der Waals surface area contributed by atoms with Crippen LogP contribution in [0.5, 0.6) is 0 Å². The van der Waals surface area contributed by atoms with E-state index in [4.69, 9.17) is 5.73 Å². The molecular formula is C11H10FNOS2. The summed E-state index contributed by atoms with van der Waals surface area (Å²) < 4.78 is 25.0. The lowest BCUT2D eigenvalue weighted by Crippen LogP contribution is -2.00. The Kier molecular flexibility index (Phi) is 3.36. The zero-order chi connectivity index (χ0) is 11.5. The molecule has 1 unspecified atom stereocenters. The Morgan fingerprint density at radius 3 is 2.88 bits per heavy atom. The predicted molar refractivity (Wildman–Crippen MR) is 65.2 cm³/mol. The van der Waals surface area contributed by atoms with Crippen LogP contribution in [0.25, 0.3) is 0 Å². The van der Waals surface area contributed by atoms with Gasteiger partial charge >= 0.3 is 0 Å². The third-order valence-corrected chi connectivity index (χ3v) is 4.55. The summed E-state index contributed by atoms with van der Waals surface area (Å²) >= 11 is 1.53. The lowest BCUT2D eigenvalue weighted by Gasteiger charge is -2.04. The number of nitrogen functional groups attached to an aromatic ring is 1. The highest BCUT2D eigenvalue weighted by Gasteiger charge is 2.10. The van der Waals surface area contributed by atoms with E-state index in [2.05, 4.69) is 0 Å². The molecule has 2 N–H and O–H groups in total. The minimum absolute atomic E-state index is 0.369. The van der Waals surface area contributed by atoms with Gasteiger partial charge in [0, 0.05) is 10.6 Å². The van der Waals surface area contributed by atoms with Crippen molar-refractivity contribution in [2.45, 2.75) is 10.6 Å². The molecule has 0 radical (unpaired) electrons. The highest BCUT2D eigenvalue weighted by molar-refractivity contribution is 7.84. The molecule has 5 heteroatoms. The van der Waals surface area contributed by atoms with Crippen LogP contribution in [0.2, 0.25) is 0 Å². The molecule has 2 nitrogen and oxygen atoms in total. The monoisotopic (exact) mass is 255 g/mol. The maximum atomic E-state index is 13.0. The van der Waals surface area contributed by atoms with Gasteiger partial charge in [0.15, 0.2) is 0 Å². The zero-order valence-electron chi connectivity index (χ0n) is 8.35. The van der Waals surface area contributed by atoms with E-state index < -0.39 is 16.6 Å². The van der Waals surface area contributed by atoms with Gasteiger partial charge in [-0.05, 0) is 29.6 Å². The van der Waals surface area contributed by atoms with Gasteiger partial charge < -0.3 is 5.73 Å². The SMILES string of the molecule is Nc1ccc(F)cc1S(=O)Cc1cccs1. The Bertz CT molecular complexity index is 511. The van der Waals surface area contributed by atoms with Gasteiger partial charge in [-0.3, -0.25) is 4.21 Å². The molecule has 2 rings (SSSR count). The van der Waals surface area contributed by atoms with E-state index in [0.29, 0.717) is 16.3 Å². The van der Waals surface area contributed by atoms with Gasteiger partial charge in [-0.2, -0.15) is 0 Å². The molecule has 0 aliphatic carbocycles. The highest BCUT2D eigenvalue weighted by atomic mass is 32.2.